The average molecular weight is 325 g/mol. The van der Waals surface area contributed by atoms with Gasteiger partial charge in [0, 0.05) is 24.6 Å². The quantitative estimate of drug-likeness (QED) is 0.855. The number of pyridine rings is 1. The molecule has 0 aliphatic rings. The molecule has 0 saturated heterocycles. The van der Waals surface area contributed by atoms with E-state index in [4.69, 9.17) is 0 Å². The molecule has 0 saturated carbocycles. The van der Waals surface area contributed by atoms with E-state index >= 15 is 0 Å². The Labute approximate surface area is 142 Å². The zero-order valence-electron chi connectivity index (χ0n) is 14.3. The molecule has 0 atom stereocenters. The Morgan fingerprint density at radius 2 is 1.79 bits per heavy atom. The van der Waals surface area contributed by atoms with Crippen LogP contribution in [0.4, 0.5) is 5.69 Å². The molecule has 0 aliphatic heterocycles. The highest BCUT2D eigenvalue weighted by Gasteiger charge is 2.13. The molecular formula is C19H23N3O2. The number of benzene rings is 1. The zero-order chi connectivity index (χ0) is 17.5. The van der Waals surface area contributed by atoms with E-state index in [2.05, 4.69) is 15.6 Å². The lowest BCUT2D eigenvalue weighted by molar-refractivity contribution is 0.0953. The lowest BCUT2D eigenvalue weighted by Gasteiger charge is -2.13. The minimum absolute atomic E-state index is 0.218. The van der Waals surface area contributed by atoms with E-state index in [-0.39, 0.29) is 11.8 Å². The van der Waals surface area contributed by atoms with Gasteiger partial charge in [0.2, 0.25) is 0 Å². The lowest BCUT2D eigenvalue weighted by atomic mass is 10.1. The third-order valence-electron chi connectivity index (χ3n) is 3.78. The summed E-state index contributed by atoms with van der Waals surface area (Å²) in [6.07, 6.45) is 4.62. The van der Waals surface area contributed by atoms with Crippen LogP contribution in [-0.2, 0) is 6.42 Å². The van der Waals surface area contributed by atoms with Gasteiger partial charge in [-0.2, -0.15) is 0 Å². The Kier molecular flexibility index (Phi) is 6.07. The third-order valence-corrected chi connectivity index (χ3v) is 3.78. The van der Waals surface area contributed by atoms with Crippen LogP contribution in [0.15, 0.2) is 36.7 Å². The van der Waals surface area contributed by atoms with Crippen molar-refractivity contribution in [2.75, 3.05) is 11.9 Å². The van der Waals surface area contributed by atoms with E-state index in [1.165, 1.54) is 12.4 Å². The molecule has 1 heterocycles. The van der Waals surface area contributed by atoms with Crippen LogP contribution in [0.1, 0.15) is 52.1 Å². The fraction of sp³-hybridized carbons (Fsp3) is 0.316. The molecular weight excluding hydrogens is 302 g/mol. The molecule has 0 fully saturated rings. The van der Waals surface area contributed by atoms with Crippen LogP contribution in [0.25, 0.3) is 0 Å². The van der Waals surface area contributed by atoms with E-state index < -0.39 is 0 Å². The number of para-hydroxylation sites is 1. The molecule has 0 unspecified atom stereocenters. The molecule has 2 amide bonds. The molecule has 24 heavy (non-hydrogen) atoms. The first-order valence-corrected chi connectivity index (χ1v) is 8.19. The number of hydrogen-bond donors (Lipinski definition) is 2. The smallest absolute Gasteiger partial charge is 0.257 e. The van der Waals surface area contributed by atoms with Crippen LogP contribution in [0.5, 0.6) is 0 Å². The topological polar surface area (TPSA) is 71.1 Å². The maximum absolute atomic E-state index is 12.5. The maximum atomic E-state index is 12.5. The van der Waals surface area contributed by atoms with Crippen LogP contribution < -0.4 is 10.6 Å². The van der Waals surface area contributed by atoms with Gasteiger partial charge in [0.05, 0.1) is 11.1 Å². The number of hydrogen-bond acceptors (Lipinski definition) is 3. The van der Waals surface area contributed by atoms with Crippen LogP contribution in [0.2, 0.25) is 0 Å². The Morgan fingerprint density at radius 3 is 2.46 bits per heavy atom. The predicted octanol–water partition coefficient (Wildman–Crippen LogP) is 3.34. The Bertz CT molecular complexity index is 741. The number of nitrogens with one attached hydrogen (secondary N) is 2. The summed E-state index contributed by atoms with van der Waals surface area (Å²) in [7, 11) is 0. The van der Waals surface area contributed by atoms with Crippen molar-refractivity contribution in [1.29, 1.82) is 0 Å². The first-order valence-electron chi connectivity index (χ1n) is 8.19. The molecule has 2 aromatic rings. The van der Waals surface area contributed by atoms with Crippen molar-refractivity contribution in [2.45, 2.75) is 33.6 Å². The van der Waals surface area contributed by atoms with Gasteiger partial charge in [-0.1, -0.05) is 32.0 Å². The van der Waals surface area contributed by atoms with Crippen LogP contribution in [0, 0.1) is 6.92 Å². The molecule has 0 bridgehead atoms. The fourth-order valence-corrected chi connectivity index (χ4v) is 2.42. The number of rotatable bonds is 6. The second-order valence-corrected chi connectivity index (χ2v) is 5.63. The summed E-state index contributed by atoms with van der Waals surface area (Å²) in [6.45, 7) is 6.58. The van der Waals surface area contributed by atoms with Crippen molar-refractivity contribution in [3.63, 3.8) is 0 Å². The molecule has 5 heteroatoms. The highest BCUT2D eigenvalue weighted by Crippen LogP contribution is 2.21. The predicted molar refractivity (Wildman–Crippen MR) is 95.4 cm³/mol. The van der Waals surface area contributed by atoms with E-state index in [0.717, 1.165) is 29.7 Å². The summed E-state index contributed by atoms with van der Waals surface area (Å²) < 4.78 is 0. The average Bonchev–Trinajstić information content (AvgIpc) is 2.61. The number of aromatic nitrogens is 1. The molecule has 2 N–H and O–H groups in total. The van der Waals surface area contributed by atoms with Crippen molar-refractivity contribution < 1.29 is 9.59 Å². The molecule has 0 aliphatic carbocycles. The second kappa shape index (κ2) is 8.24. The van der Waals surface area contributed by atoms with Gasteiger partial charge in [-0.05, 0) is 37.0 Å². The molecule has 0 radical (unpaired) electrons. The van der Waals surface area contributed by atoms with Gasteiger partial charge >= 0.3 is 0 Å². The van der Waals surface area contributed by atoms with Crippen LogP contribution >= 0.6 is 0 Å². The highest BCUT2D eigenvalue weighted by atomic mass is 16.2. The number of carbonyl (C=O) groups excluding carboxylic acids is 2. The number of aryl methyl sites for hydroxylation is 2. The third kappa shape index (κ3) is 4.19. The van der Waals surface area contributed by atoms with Crippen LogP contribution in [0.3, 0.4) is 0 Å². The Balaban J connectivity index is 2.21. The second-order valence-electron chi connectivity index (χ2n) is 5.63. The molecule has 1 aromatic carbocycles. The molecule has 0 spiro atoms. The van der Waals surface area contributed by atoms with E-state index in [1.807, 2.05) is 39.0 Å². The lowest BCUT2D eigenvalue weighted by Crippen LogP contribution is -2.24. The molecule has 5 nitrogen and oxygen atoms in total. The maximum Gasteiger partial charge on any atom is 0.257 e. The first-order chi connectivity index (χ1) is 11.6. The molecule has 1 aromatic heterocycles. The zero-order valence-corrected chi connectivity index (χ0v) is 14.3. The minimum Gasteiger partial charge on any atom is -0.352 e. The normalized spacial score (nSPS) is 10.3. The van der Waals surface area contributed by atoms with Crippen molar-refractivity contribution in [3.05, 3.63) is 58.9 Å². The van der Waals surface area contributed by atoms with Gasteiger partial charge in [0.15, 0.2) is 0 Å². The summed E-state index contributed by atoms with van der Waals surface area (Å²) in [5.41, 5.74) is 3.66. The minimum atomic E-state index is -0.267. The highest BCUT2D eigenvalue weighted by molar-refractivity contribution is 6.06. The summed E-state index contributed by atoms with van der Waals surface area (Å²) >= 11 is 0. The van der Waals surface area contributed by atoms with E-state index in [1.54, 1.807) is 6.07 Å². The largest absolute Gasteiger partial charge is 0.352 e. The Morgan fingerprint density at radius 1 is 1.08 bits per heavy atom. The van der Waals surface area contributed by atoms with Crippen LogP contribution in [-0.4, -0.2) is 23.3 Å². The molecule has 126 valence electrons. The van der Waals surface area contributed by atoms with Crippen molar-refractivity contribution >= 4 is 17.5 Å². The number of carbonyl (C=O) groups is 2. The van der Waals surface area contributed by atoms with E-state index in [0.29, 0.717) is 17.7 Å². The number of anilines is 1. The Hall–Kier alpha value is -2.69. The summed E-state index contributed by atoms with van der Waals surface area (Å²) in [5, 5.41) is 5.73. The standard InChI is InChI=1S/C19H23N3O2/c1-4-9-21-18(23)15-10-16(12-20-11-15)19(24)22-17-13(3)7-6-8-14(17)5-2/h6-8,10-12H,4-5,9H2,1-3H3,(H,21,23)(H,22,24). The van der Waals surface area contributed by atoms with Gasteiger partial charge in [0.1, 0.15) is 0 Å². The number of nitrogens with zero attached hydrogens (tertiary/aromatic N) is 1. The summed E-state index contributed by atoms with van der Waals surface area (Å²) in [5.74, 6) is -0.485. The van der Waals surface area contributed by atoms with Gasteiger partial charge in [0.25, 0.3) is 11.8 Å². The molecule has 2 rings (SSSR count). The van der Waals surface area contributed by atoms with Gasteiger partial charge < -0.3 is 10.6 Å². The number of amides is 2. The fourth-order valence-electron chi connectivity index (χ4n) is 2.42. The monoisotopic (exact) mass is 325 g/mol. The van der Waals surface area contributed by atoms with Crippen molar-refractivity contribution in [2.24, 2.45) is 0 Å². The summed E-state index contributed by atoms with van der Waals surface area (Å²) in [6, 6.07) is 7.50. The summed E-state index contributed by atoms with van der Waals surface area (Å²) in [4.78, 5) is 28.6. The van der Waals surface area contributed by atoms with Gasteiger partial charge in [-0.3, -0.25) is 14.6 Å². The van der Waals surface area contributed by atoms with E-state index in [9.17, 15) is 9.59 Å². The van der Waals surface area contributed by atoms with Gasteiger partial charge in [-0.25, -0.2) is 0 Å². The van der Waals surface area contributed by atoms with Gasteiger partial charge in [-0.15, -0.1) is 0 Å². The first kappa shape index (κ1) is 17.7. The van der Waals surface area contributed by atoms with Crippen molar-refractivity contribution in [3.8, 4) is 0 Å². The van der Waals surface area contributed by atoms with Crippen molar-refractivity contribution in [1.82, 2.24) is 10.3 Å². The SMILES string of the molecule is CCCNC(=O)c1cncc(C(=O)Nc2c(C)cccc2CC)c1.